The van der Waals surface area contributed by atoms with Gasteiger partial charge in [0.05, 0.1) is 3.57 Å². The predicted octanol–water partition coefficient (Wildman–Crippen LogP) is 5.38. The van der Waals surface area contributed by atoms with Crippen molar-refractivity contribution in [1.29, 1.82) is 0 Å². The van der Waals surface area contributed by atoms with E-state index in [-0.39, 0.29) is 0 Å². The Balaban J connectivity index is 2.29. The van der Waals surface area contributed by atoms with Gasteiger partial charge in [-0.2, -0.15) is 0 Å². The van der Waals surface area contributed by atoms with Crippen molar-refractivity contribution in [2.75, 3.05) is 0 Å². The fourth-order valence-corrected chi connectivity index (χ4v) is 3.68. The molecule has 0 aliphatic heterocycles. The zero-order valence-electron chi connectivity index (χ0n) is 11.2. The number of carbonyl (C=O) groups is 1. The number of carboxylic acid groups (broad SMARTS) is 1. The minimum atomic E-state index is -1.01. The third-order valence-electron chi connectivity index (χ3n) is 2.77. The largest absolute Gasteiger partial charge is 0.487 e. The quantitative estimate of drug-likeness (QED) is 0.449. The maximum atomic E-state index is 10.7. The van der Waals surface area contributed by atoms with Crippen molar-refractivity contribution in [1.82, 2.24) is 0 Å². The third-order valence-corrected chi connectivity index (χ3v) is 4.40. The van der Waals surface area contributed by atoms with Gasteiger partial charge in [-0.25, -0.2) is 4.79 Å². The van der Waals surface area contributed by atoms with Crippen molar-refractivity contribution in [2.45, 2.75) is 6.61 Å². The minimum absolute atomic E-state index is 0.311. The molecule has 6 heteroatoms. The molecule has 22 heavy (non-hydrogen) atoms. The molecule has 0 saturated carbocycles. The number of halogens is 3. The lowest BCUT2D eigenvalue weighted by Crippen LogP contribution is -2.00. The average Bonchev–Trinajstić information content (AvgIpc) is 2.45. The van der Waals surface area contributed by atoms with Crippen molar-refractivity contribution >= 4 is 62.2 Å². The summed E-state index contributed by atoms with van der Waals surface area (Å²) in [5.74, 6) is -0.381. The zero-order valence-corrected chi connectivity index (χ0v) is 15.7. The molecule has 0 bridgehead atoms. The molecule has 0 unspecified atom stereocenters. The van der Waals surface area contributed by atoms with Crippen LogP contribution in [0.1, 0.15) is 11.1 Å². The first-order valence-electron chi connectivity index (χ1n) is 6.23. The van der Waals surface area contributed by atoms with Crippen molar-refractivity contribution in [3.05, 3.63) is 66.7 Å². The Hall–Kier alpha value is -1.05. The molecular weight excluding hydrogens is 482 g/mol. The van der Waals surface area contributed by atoms with Gasteiger partial charge in [-0.1, -0.05) is 45.7 Å². The first-order chi connectivity index (χ1) is 10.5. The molecule has 0 amide bonds. The maximum absolute atomic E-state index is 10.7. The first kappa shape index (κ1) is 17.3. The number of hydrogen-bond acceptors (Lipinski definition) is 2. The van der Waals surface area contributed by atoms with Crippen LogP contribution in [0.15, 0.2) is 46.9 Å². The van der Waals surface area contributed by atoms with Crippen LogP contribution in [0.5, 0.6) is 5.75 Å². The van der Waals surface area contributed by atoms with E-state index in [1.54, 1.807) is 6.07 Å². The fraction of sp³-hybridized carbons (Fsp3) is 0.0625. The van der Waals surface area contributed by atoms with E-state index in [4.69, 9.17) is 21.4 Å². The number of aliphatic carboxylic acids is 1. The summed E-state index contributed by atoms with van der Waals surface area (Å²) in [7, 11) is 0. The molecule has 0 aromatic heterocycles. The Morgan fingerprint density at radius 2 is 2.09 bits per heavy atom. The summed E-state index contributed by atoms with van der Waals surface area (Å²) in [4.78, 5) is 10.7. The molecule has 1 N–H and O–H groups in total. The second kappa shape index (κ2) is 7.99. The van der Waals surface area contributed by atoms with Crippen LogP contribution in [0.2, 0.25) is 5.02 Å². The van der Waals surface area contributed by atoms with Gasteiger partial charge in [0.25, 0.3) is 0 Å². The summed E-state index contributed by atoms with van der Waals surface area (Å²) in [6.07, 6.45) is 2.59. The normalized spacial score (nSPS) is 10.9. The van der Waals surface area contributed by atoms with Gasteiger partial charge in [0, 0.05) is 26.7 Å². The summed E-state index contributed by atoms with van der Waals surface area (Å²) in [6.45, 7) is 0.311. The predicted molar refractivity (Wildman–Crippen MR) is 99.3 cm³/mol. The average molecular weight is 494 g/mol. The van der Waals surface area contributed by atoms with E-state index < -0.39 is 5.97 Å². The van der Waals surface area contributed by atoms with Gasteiger partial charge in [-0.3, -0.25) is 0 Å². The number of benzene rings is 2. The third kappa shape index (κ3) is 4.72. The summed E-state index contributed by atoms with van der Waals surface area (Å²) in [5.41, 5.74) is 1.56. The van der Waals surface area contributed by atoms with Gasteiger partial charge in [-0.15, -0.1) is 0 Å². The summed E-state index contributed by atoms with van der Waals surface area (Å²) >= 11 is 11.7. The molecule has 114 valence electrons. The van der Waals surface area contributed by atoms with Crippen molar-refractivity contribution in [3.8, 4) is 5.75 Å². The van der Waals surface area contributed by atoms with Gasteiger partial charge in [0.15, 0.2) is 0 Å². The highest BCUT2D eigenvalue weighted by Gasteiger charge is 2.10. The maximum Gasteiger partial charge on any atom is 0.328 e. The highest BCUT2D eigenvalue weighted by atomic mass is 127. The molecule has 2 aromatic rings. The Bertz CT molecular complexity index is 731. The summed E-state index contributed by atoms with van der Waals surface area (Å²) in [6, 6.07) is 11.2. The number of rotatable bonds is 5. The van der Waals surface area contributed by atoms with Crippen LogP contribution in [0.25, 0.3) is 6.08 Å². The number of hydrogen-bond donors (Lipinski definition) is 1. The smallest absolute Gasteiger partial charge is 0.328 e. The molecule has 0 atom stereocenters. The van der Waals surface area contributed by atoms with Crippen LogP contribution in [-0.4, -0.2) is 11.1 Å². The lowest BCUT2D eigenvalue weighted by atomic mass is 10.2. The molecule has 0 heterocycles. The van der Waals surface area contributed by atoms with E-state index in [9.17, 15) is 4.79 Å². The molecule has 2 aromatic carbocycles. The number of ether oxygens (including phenoxy) is 1. The molecule has 3 nitrogen and oxygen atoms in total. The second-order valence-corrected chi connectivity index (χ2v) is 6.84. The molecule has 0 fully saturated rings. The Morgan fingerprint density at radius 3 is 2.77 bits per heavy atom. The van der Waals surface area contributed by atoms with E-state index in [0.29, 0.717) is 22.9 Å². The van der Waals surface area contributed by atoms with Gasteiger partial charge in [-0.05, 0) is 46.9 Å². The Morgan fingerprint density at radius 1 is 1.36 bits per heavy atom. The van der Waals surface area contributed by atoms with Gasteiger partial charge in [0.1, 0.15) is 12.4 Å². The summed E-state index contributed by atoms with van der Waals surface area (Å²) in [5, 5.41) is 9.43. The monoisotopic (exact) mass is 492 g/mol. The van der Waals surface area contributed by atoms with E-state index in [2.05, 4.69) is 38.5 Å². The fourth-order valence-electron chi connectivity index (χ4n) is 1.78. The molecule has 0 aliphatic rings. The molecule has 0 radical (unpaired) electrons. The standard InChI is InChI=1S/C16H11BrClIO3/c17-12-7-10(5-6-15(20)21)16(14(19)8-12)22-9-11-3-1-2-4-13(11)18/h1-8H,9H2,(H,20,21)/b6-5+. The van der Waals surface area contributed by atoms with Gasteiger partial charge >= 0.3 is 5.97 Å². The molecular formula is C16H11BrClIO3. The van der Waals surface area contributed by atoms with E-state index in [0.717, 1.165) is 19.7 Å². The first-order valence-corrected chi connectivity index (χ1v) is 8.48. The van der Waals surface area contributed by atoms with Gasteiger partial charge in [0.2, 0.25) is 0 Å². The van der Waals surface area contributed by atoms with Crippen LogP contribution in [0, 0.1) is 3.57 Å². The van der Waals surface area contributed by atoms with Gasteiger partial charge < -0.3 is 9.84 Å². The SMILES string of the molecule is O=C(O)/C=C/c1cc(Br)cc(I)c1OCc1ccccc1Cl. The Labute approximate surface area is 155 Å². The van der Waals surface area contributed by atoms with Crippen molar-refractivity contribution < 1.29 is 14.6 Å². The van der Waals surface area contributed by atoms with E-state index in [1.165, 1.54) is 6.08 Å². The van der Waals surface area contributed by atoms with Crippen molar-refractivity contribution in [2.24, 2.45) is 0 Å². The van der Waals surface area contributed by atoms with Crippen LogP contribution in [-0.2, 0) is 11.4 Å². The lowest BCUT2D eigenvalue weighted by molar-refractivity contribution is -0.131. The highest BCUT2D eigenvalue weighted by molar-refractivity contribution is 14.1. The van der Waals surface area contributed by atoms with E-state index >= 15 is 0 Å². The number of carboxylic acids is 1. The second-order valence-electron chi connectivity index (χ2n) is 4.36. The minimum Gasteiger partial charge on any atom is -0.487 e. The summed E-state index contributed by atoms with van der Waals surface area (Å²) < 4.78 is 7.60. The van der Waals surface area contributed by atoms with Crippen LogP contribution >= 0.6 is 50.1 Å². The van der Waals surface area contributed by atoms with Crippen LogP contribution in [0.4, 0.5) is 0 Å². The zero-order chi connectivity index (χ0) is 16.1. The van der Waals surface area contributed by atoms with Crippen LogP contribution in [0.3, 0.4) is 0 Å². The Kier molecular flexibility index (Phi) is 6.28. The molecule has 0 spiro atoms. The van der Waals surface area contributed by atoms with Crippen molar-refractivity contribution in [3.63, 3.8) is 0 Å². The topological polar surface area (TPSA) is 46.5 Å². The highest BCUT2D eigenvalue weighted by Crippen LogP contribution is 2.32. The molecule has 2 rings (SSSR count). The molecule has 0 aliphatic carbocycles. The lowest BCUT2D eigenvalue weighted by Gasteiger charge is -2.13. The van der Waals surface area contributed by atoms with Crippen LogP contribution < -0.4 is 4.74 Å². The molecule has 0 saturated heterocycles. The van der Waals surface area contributed by atoms with E-state index in [1.807, 2.05) is 30.3 Å².